The van der Waals surface area contributed by atoms with E-state index in [-0.39, 0.29) is 17.1 Å². The van der Waals surface area contributed by atoms with Crippen LogP contribution in [0.1, 0.15) is 18.4 Å². The van der Waals surface area contributed by atoms with E-state index in [0.29, 0.717) is 42.5 Å². The molecule has 0 unspecified atom stereocenters. The molecule has 0 fully saturated rings. The van der Waals surface area contributed by atoms with Gasteiger partial charge in [-0.3, -0.25) is 4.79 Å². The second-order valence-corrected chi connectivity index (χ2v) is 8.65. The Bertz CT molecular complexity index is 1060. The number of carboxylic acids is 1. The predicted molar refractivity (Wildman–Crippen MR) is 123 cm³/mol. The fraction of sp³-hybridized carbons (Fsp3) is 0.238. The van der Waals surface area contributed by atoms with Crippen molar-refractivity contribution in [2.75, 3.05) is 17.8 Å². The first kappa shape index (κ1) is 24.2. The summed E-state index contributed by atoms with van der Waals surface area (Å²) in [7, 11) is 0. The molecule has 6 nitrogen and oxygen atoms in total. The van der Waals surface area contributed by atoms with Crippen molar-refractivity contribution >= 4 is 46.7 Å². The third-order valence-electron chi connectivity index (χ3n) is 4.24. The fourth-order valence-corrected chi connectivity index (χ4v) is 4.12. The number of thiazole rings is 1. The number of aliphatic carboxylic acids is 1. The summed E-state index contributed by atoms with van der Waals surface area (Å²) in [5.41, 5.74) is 2.37. The number of carboxylic acid groups (broad SMARTS) is 1. The summed E-state index contributed by atoms with van der Waals surface area (Å²) in [6, 6.07) is 7.01. The van der Waals surface area contributed by atoms with Crippen molar-refractivity contribution in [1.82, 2.24) is 10.3 Å². The summed E-state index contributed by atoms with van der Waals surface area (Å²) < 4.78 is 37.7. The third-order valence-corrected chi connectivity index (χ3v) is 5.91. The number of carbonyl (C=O) groups is 1. The summed E-state index contributed by atoms with van der Waals surface area (Å²) in [5.74, 6) is -1.50. The minimum atomic E-state index is -0.861. The maximum absolute atomic E-state index is 14.6. The number of hydrogen-bond acceptors (Lipinski definition) is 7. The van der Waals surface area contributed by atoms with Crippen LogP contribution in [0, 0.1) is 11.6 Å². The van der Waals surface area contributed by atoms with Gasteiger partial charge in [-0.05, 0) is 61.2 Å². The standard InChI is InChI=1S/C21H20ClF2N3O3S2/c22-14-3-4-17(13(8-14)2-1-6-25-7-5-21(28)29)30-18-9-16(24)19(10-15(18)23)32-27-20-11-31-12-26-20/h3-4,8-12,25,27H,1-2,5-7H2,(H,28,29). The zero-order valence-corrected chi connectivity index (χ0v) is 19.1. The van der Waals surface area contributed by atoms with Crippen molar-refractivity contribution in [2.45, 2.75) is 24.2 Å². The van der Waals surface area contributed by atoms with Crippen LogP contribution in [-0.2, 0) is 11.2 Å². The molecule has 0 saturated carbocycles. The maximum atomic E-state index is 14.6. The highest BCUT2D eigenvalue weighted by Crippen LogP contribution is 2.34. The summed E-state index contributed by atoms with van der Waals surface area (Å²) in [6.45, 7) is 0.973. The van der Waals surface area contributed by atoms with Gasteiger partial charge >= 0.3 is 5.97 Å². The lowest BCUT2D eigenvalue weighted by Crippen LogP contribution is -2.19. The van der Waals surface area contributed by atoms with Gasteiger partial charge in [0.05, 0.1) is 16.8 Å². The average Bonchev–Trinajstić information content (AvgIpc) is 3.27. The third kappa shape index (κ3) is 7.33. The van der Waals surface area contributed by atoms with Crippen molar-refractivity contribution in [1.29, 1.82) is 0 Å². The van der Waals surface area contributed by atoms with Crippen molar-refractivity contribution in [3.63, 3.8) is 0 Å². The Kier molecular flexibility index (Phi) is 9.10. The molecule has 0 amide bonds. The highest BCUT2D eigenvalue weighted by Gasteiger charge is 2.15. The van der Waals surface area contributed by atoms with E-state index in [9.17, 15) is 13.6 Å². The van der Waals surface area contributed by atoms with Gasteiger partial charge in [-0.1, -0.05) is 11.6 Å². The molecular formula is C21H20ClF2N3O3S2. The van der Waals surface area contributed by atoms with Crippen molar-refractivity contribution in [3.8, 4) is 11.5 Å². The zero-order valence-electron chi connectivity index (χ0n) is 16.7. The molecule has 0 aliphatic rings. The molecule has 0 atom stereocenters. The minimum absolute atomic E-state index is 0.0456. The highest BCUT2D eigenvalue weighted by atomic mass is 35.5. The van der Waals surface area contributed by atoms with Crippen LogP contribution >= 0.6 is 34.9 Å². The molecule has 2 aromatic carbocycles. The monoisotopic (exact) mass is 499 g/mol. The number of halogens is 3. The number of aromatic nitrogens is 1. The Hall–Kier alpha value is -2.40. The first-order valence-corrected chi connectivity index (χ1v) is 11.7. The lowest BCUT2D eigenvalue weighted by molar-refractivity contribution is -0.136. The molecule has 0 radical (unpaired) electrons. The Balaban J connectivity index is 1.64. The van der Waals surface area contributed by atoms with Gasteiger partial charge in [0, 0.05) is 23.0 Å². The normalized spacial score (nSPS) is 10.8. The summed E-state index contributed by atoms with van der Waals surface area (Å²) in [6.07, 6.45) is 1.29. The van der Waals surface area contributed by atoms with Gasteiger partial charge in [0.25, 0.3) is 0 Å². The summed E-state index contributed by atoms with van der Waals surface area (Å²) in [5, 5.41) is 13.9. The lowest BCUT2D eigenvalue weighted by atomic mass is 10.1. The molecule has 11 heteroatoms. The quantitative estimate of drug-likeness (QED) is 0.209. The number of benzene rings is 2. The predicted octanol–water partition coefficient (Wildman–Crippen LogP) is 5.98. The van der Waals surface area contributed by atoms with E-state index in [4.69, 9.17) is 21.4 Å². The molecular weight excluding hydrogens is 480 g/mol. The molecule has 3 aromatic rings. The minimum Gasteiger partial charge on any atom is -0.481 e. The van der Waals surface area contributed by atoms with Gasteiger partial charge in [-0.25, -0.2) is 13.8 Å². The molecule has 0 saturated heterocycles. The molecule has 1 heterocycles. The Morgan fingerprint density at radius 1 is 1.19 bits per heavy atom. The molecule has 1 aromatic heterocycles. The van der Waals surface area contributed by atoms with Crippen LogP contribution in [-0.4, -0.2) is 29.1 Å². The van der Waals surface area contributed by atoms with E-state index in [0.717, 1.165) is 29.6 Å². The SMILES string of the molecule is O=C(O)CCNCCCc1cc(Cl)ccc1Oc1cc(F)c(SNc2cscn2)cc1F. The Morgan fingerprint density at radius 3 is 2.78 bits per heavy atom. The zero-order chi connectivity index (χ0) is 22.9. The molecule has 0 bridgehead atoms. The van der Waals surface area contributed by atoms with Crippen LogP contribution in [0.3, 0.4) is 0 Å². The van der Waals surface area contributed by atoms with E-state index >= 15 is 0 Å². The largest absolute Gasteiger partial charge is 0.481 e. The van der Waals surface area contributed by atoms with Crippen LogP contribution < -0.4 is 14.8 Å². The smallest absolute Gasteiger partial charge is 0.304 e. The van der Waals surface area contributed by atoms with Crippen LogP contribution in [0.2, 0.25) is 5.02 Å². The first-order chi connectivity index (χ1) is 15.4. The van der Waals surface area contributed by atoms with Gasteiger partial charge in [0.1, 0.15) is 17.4 Å². The van der Waals surface area contributed by atoms with E-state index < -0.39 is 17.6 Å². The Labute approximate surface area is 197 Å². The molecule has 3 N–H and O–H groups in total. The molecule has 0 spiro atoms. The number of anilines is 1. The molecule has 170 valence electrons. The summed E-state index contributed by atoms with van der Waals surface area (Å²) in [4.78, 5) is 14.6. The second-order valence-electron chi connectivity index (χ2n) is 6.64. The van der Waals surface area contributed by atoms with Gasteiger partial charge in [-0.2, -0.15) is 0 Å². The van der Waals surface area contributed by atoms with Crippen molar-refractivity contribution in [2.24, 2.45) is 0 Å². The Morgan fingerprint density at radius 2 is 2.03 bits per heavy atom. The topological polar surface area (TPSA) is 83.5 Å². The van der Waals surface area contributed by atoms with Gasteiger partial charge in [0.2, 0.25) is 0 Å². The van der Waals surface area contributed by atoms with E-state index in [1.54, 1.807) is 29.1 Å². The summed E-state index contributed by atoms with van der Waals surface area (Å²) >= 11 is 8.39. The average molecular weight is 500 g/mol. The molecule has 3 rings (SSSR count). The second kappa shape index (κ2) is 12.0. The van der Waals surface area contributed by atoms with E-state index in [1.165, 1.54) is 11.3 Å². The highest BCUT2D eigenvalue weighted by molar-refractivity contribution is 8.00. The van der Waals surface area contributed by atoms with Crippen molar-refractivity contribution in [3.05, 3.63) is 63.4 Å². The van der Waals surface area contributed by atoms with Gasteiger partial charge in [0.15, 0.2) is 11.6 Å². The number of ether oxygens (including phenoxy) is 1. The first-order valence-electron chi connectivity index (χ1n) is 9.61. The van der Waals surface area contributed by atoms with Gasteiger partial charge in [-0.15, -0.1) is 11.3 Å². The lowest BCUT2D eigenvalue weighted by Gasteiger charge is -2.14. The number of rotatable bonds is 12. The molecule has 0 aliphatic carbocycles. The van der Waals surface area contributed by atoms with Crippen LogP contribution in [0.5, 0.6) is 11.5 Å². The number of nitrogens with one attached hydrogen (secondary N) is 2. The number of hydrogen-bond donors (Lipinski definition) is 3. The van der Waals surface area contributed by atoms with E-state index in [2.05, 4.69) is 15.0 Å². The van der Waals surface area contributed by atoms with Crippen LogP contribution in [0.4, 0.5) is 14.6 Å². The number of aryl methyl sites for hydroxylation is 1. The van der Waals surface area contributed by atoms with Crippen molar-refractivity contribution < 1.29 is 23.4 Å². The fourth-order valence-electron chi connectivity index (χ4n) is 2.72. The van der Waals surface area contributed by atoms with Crippen LogP contribution in [0.15, 0.2) is 46.1 Å². The molecule has 32 heavy (non-hydrogen) atoms. The maximum Gasteiger partial charge on any atom is 0.304 e. The van der Waals surface area contributed by atoms with E-state index in [1.807, 2.05) is 0 Å². The van der Waals surface area contributed by atoms with Gasteiger partial charge < -0.3 is 19.9 Å². The number of nitrogens with zero attached hydrogens (tertiary/aromatic N) is 1. The molecule has 0 aliphatic heterocycles. The van der Waals surface area contributed by atoms with Crippen LogP contribution in [0.25, 0.3) is 0 Å².